The number of anilines is 1. The molecule has 7 nitrogen and oxygen atoms in total. The normalized spacial score (nSPS) is 22.3. The summed E-state index contributed by atoms with van der Waals surface area (Å²) in [4.78, 5) is 25.0. The molecule has 2 fully saturated rings. The topological polar surface area (TPSA) is 88.1 Å². The zero-order chi connectivity index (χ0) is 24.6. The van der Waals surface area contributed by atoms with Gasteiger partial charge in [0.2, 0.25) is 5.91 Å². The van der Waals surface area contributed by atoms with Crippen molar-refractivity contribution in [2.75, 3.05) is 5.32 Å². The molecule has 2 heterocycles. The highest BCUT2D eigenvalue weighted by molar-refractivity contribution is 6.05. The SMILES string of the molecule is O=C(Nc1ccc(C2NNC(=O)C3CCCCC32)cc1)c1cnn(-c2ccccc2)c1C(F)(F)F. The first-order valence-electron chi connectivity index (χ1n) is 11.5. The van der Waals surface area contributed by atoms with Crippen molar-refractivity contribution in [1.29, 1.82) is 0 Å². The molecule has 5 rings (SSSR count). The maximum atomic E-state index is 13.9. The van der Waals surface area contributed by atoms with Gasteiger partial charge in [-0.2, -0.15) is 18.3 Å². The number of para-hydroxylation sites is 1. The summed E-state index contributed by atoms with van der Waals surface area (Å²) in [5.41, 5.74) is 5.65. The van der Waals surface area contributed by atoms with Gasteiger partial charge in [-0.15, -0.1) is 0 Å². The lowest BCUT2D eigenvalue weighted by molar-refractivity contribution is -0.143. The lowest BCUT2D eigenvalue weighted by atomic mass is 9.72. The van der Waals surface area contributed by atoms with E-state index in [0.717, 1.165) is 42.1 Å². The molecule has 2 aromatic carbocycles. The highest BCUT2D eigenvalue weighted by atomic mass is 19.4. The number of halogens is 3. The van der Waals surface area contributed by atoms with Gasteiger partial charge in [-0.1, -0.05) is 43.2 Å². The molecule has 0 spiro atoms. The van der Waals surface area contributed by atoms with Crippen LogP contribution in [-0.4, -0.2) is 21.6 Å². The molecule has 1 saturated heterocycles. The minimum absolute atomic E-state index is 0.0198. The summed E-state index contributed by atoms with van der Waals surface area (Å²) in [7, 11) is 0. The van der Waals surface area contributed by atoms with Crippen LogP contribution in [0.15, 0.2) is 60.8 Å². The number of amides is 2. The van der Waals surface area contributed by atoms with E-state index in [1.165, 1.54) is 12.1 Å². The Morgan fingerprint density at radius 2 is 1.74 bits per heavy atom. The van der Waals surface area contributed by atoms with Crippen LogP contribution in [0.4, 0.5) is 18.9 Å². The summed E-state index contributed by atoms with van der Waals surface area (Å²) in [6, 6.07) is 14.7. The fourth-order valence-electron chi connectivity index (χ4n) is 5.09. The maximum absolute atomic E-state index is 13.9. The minimum Gasteiger partial charge on any atom is -0.322 e. The third-order valence-electron chi connectivity index (χ3n) is 6.75. The van der Waals surface area contributed by atoms with Crippen molar-refractivity contribution in [2.45, 2.75) is 37.9 Å². The van der Waals surface area contributed by atoms with Gasteiger partial charge in [-0.25, -0.2) is 10.1 Å². The molecular weight excluding hydrogens is 459 g/mol. The van der Waals surface area contributed by atoms with Crippen LogP contribution >= 0.6 is 0 Å². The number of nitrogens with one attached hydrogen (secondary N) is 3. The zero-order valence-corrected chi connectivity index (χ0v) is 18.7. The Morgan fingerprint density at radius 1 is 1.03 bits per heavy atom. The predicted octanol–water partition coefficient (Wildman–Crippen LogP) is 4.63. The molecule has 35 heavy (non-hydrogen) atoms. The molecule has 2 amide bonds. The van der Waals surface area contributed by atoms with E-state index in [4.69, 9.17) is 0 Å². The van der Waals surface area contributed by atoms with Crippen LogP contribution in [-0.2, 0) is 11.0 Å². The molecule has 3 aromatic rings. The first-order chi connectivity index (χ1) is 16.8. The number of alkyl halides is 3. The summed E-state index contributed by atoms with van der Waals surface area (Å²) in [5, 5.41) is 6.38. The molecule has 3 unspecified atom stereocenters. The van der Waals surface area contributed by atoms with E-state index < -0.39 is 23.3 Å². The number of hydrogen-bond acceptors (Lipinski definition) is 4. The summed E-state index contributed by atoms with van der Waals surface area (Å²) >= 11 is 0. The Hall–Kier alpha value is -3.66. The summed E-state index contributed by atoms with van der Waals surface area (Å²) in [5.74, 6) is -0.735. The van der Waals surface area contributed by atoms with E-state index in [0.29, 0.717) is 5.69 Å². The van der Waals surface area contributed by atoms with Crippen molar-refractivity contribution in [3.05, 3.63) is 77.6 Å². The fraction of sp³-hybridized carbons (Fsp3) is 0.320. The van der Waals surface area contributed by atoms with Crippen molar-refractivity contribution in [3.8, 4) is 5.69 Å². The van der Waals surface area contributed by atoms with Crippen LogP contribution in [0.1, 0.15) is 53.3 Å². The molecule has 0 bridgehead atoms. The number of hydrazine groups is 1. The number of nitrogens with zero attached hydrogens (tertiary/aromatic N) is 2. The van der Waals surface area contributed by atoms with Gasteiger partial charge in [0.15, 0.2) is 5.69 Å². The van der Waals surface area contributed by atoms with E-state index in [2.05, 4.69) is 21.3 Å². The molecule has 3 N–H and O–H groups in total. The standard InChI is InChI=1S/C25H24F3N5O2/c26-25(27,28)22-20(14-29-33(22)17-6-2-1-3-7-17)23(34)30-16-12-10-15(11-13-16)21-18-8-4-5-9-19(18)24(35)32-31-21/h1-3,6-7,10-14,18-19,21,31H,4-5,8-9H2,(H,30,34)(H,32,35). The number of carbonyl (C=O) groups is 2. The van der Waals surface area contributed by atoms with E-state index >= 15 is 0 Å². The second kappa shape index (κ2) is 9.18. The van der Waals surface area contributed by atoms with Gasteiger partial charge in [0.1, 0.15) is 0 Å². The quantitative estimate of drug-likeness (QED) is 0.505. The van der Waals surface area contributed by atoms with E-state index in [-0.39, 0.29) is 29.5 Å². The Balaban J connectivity index is 1.36. The fourth-order valence-corrected chi connectivity index (χ4v) is 5.09. The van der Waals surface area contributed by atoms with Gasteiger partial charge in [0, 0.05) is 11.6 Å². The van der Waals surface area contributed by atoms with Crippen molar-refractivity contribution < 1.29 is 22.8 Å². The second-order valence-electron chi connectivity index (χ2n) is 8.89. The van der Waals surface area contributed by atoms with Gasteiger partial charge in [0.05, 0.1) is 23.5 Å². The molecule has 1 saturated carbocycles. The van der Waals surface area contributed by atoms with Gasteiger partial charge in [-0.05, 0) is 48.6 Å². The first-order valence-corrected chi connectivity index (χ1v) is 11.5. The number of rotatable bonds is 4. The van der Waals surface area contributed by atoms with Crippen LogP contribution in [0.25, 0.3) is 5.69 Å². The minimum atomic E-state index is -4.78. The van der Waals surface area contributed by atoms with Gasteiger partial charge >= 0.3 is 6.18 Å². The highest BCUT2D eigenvalue weighted by Crippen LogP contribution is 2.41. The predicted molar refractivity (Wildman–Crippen MR) is 122 cm³/mol. The number of aromatic nitrogens is 2. The number of benzene rings is 2. The third kappa shape index (κ3) is 4.53. The van der Waals surface area contributed by atoms with Gasteiger partial charge in [0.25, 0.3) is 5.91 Å². The molecular formula is C25H24F3N5O2. The van der Waals surface area contributed by atoms with E-state index in [9.17, 15) is 22.8 Å². The Labute approximate surface area is 199 Å². The van der Waals surface area contributed by atoms with Crippen LogP contribution in [0.5, 0.6) is 0 Å². The van der Waals surface area contributed by atoms with Crippen molar-refractivity contribution in [2.24, 2.45) is 11.8 Å². The Kier molecular flexibility index (Phi) is 6.06. The summed E-state index contributed by atoms with van der Waals surface area (Å²) < 4.78 is 42.3. The van der Waals surface area contributed by atoms with Crippen LogP contribution in [0.3, 0.4) is 0 Å². The van der Waals surface area contributed by atoms with Crippen LogP contribution < -0.4 is 16.2 Å². The molecule has 1 aromatic heterocycles. The van der Waals surface area contributed by atoms with Crippen LogP contribution in [0.2, 0.25) is 0 Å². The van der Waals surface area contributed by atoms with Crippen molar-refractivity contribution >= 4 is 17.5 Å². The molecule has 182 valence electrons. The maximum Gasteiger partial charge on any atom is 0.434 e. The molecule has 0 radical (unpaired) electrons. The lowest BCUT2D eigenvalue weighted by Gasteiger charge is -2.41. The second-order valence-corrected chi connectivity index (χ2v) is 8.89. The van der Waals surface area contributed by atoms with Gasteiger partial charge < -0.3 is 5.32 Å². The van der Waals surface area contributed by atoms with E-state index in [1.807, 2.05) is 12.1 Å². The number of hydrogen-bond donors (Lipinski definition) is 3. The average Bonchev–Trinajstić information content (AvgIpc) is 3.32. The van der Waals surface area contributed by atoms with E-state index in [1.54, 1.807) is 30.3 Å². The monoisotopic (exact) mass is 483 g/mol. The lowest BCUT2D eigenvalue weighted by Crippen LogP contribution is -2.55. The summed E-state index contributed by atoms with van der Waals surface area (Å²) in [6.45, 7) is 0. The number of fused-ring (bicyclic) bond motifs is 1. The zero-order valence-electron chi connectivity index (χ0n) is 18.7. The Morgan fingerprint density at radius 3 is 2.46 bits per heavy atom. The molecule has 1 aliphatic carbocycles. The van der Waals surface area contributed by atoms with Crippen LogP contribution in [0, 0.1) is 11.8 Å². The molecule has 3 atom stereocenters. The van der Waals surface area contributed by atoms with Crippen molar-refractivity contribution in [3.63, 3.8) is 0 Å². The average molecular weight is 483 g/mol. The first kappa shape index (κ1) is 23.1. The molecule has 2 aliphatic rings. The third-order valence-corrected chi connectivity index (χ3v) is 6.75. The smallest absolute Gasteiger partial charge is 0.322 e. The molecule has 10 heteroatoms. The van der Waals surface area contributed by atoms with Gasteiger partial charge in [-0.3, -0.25) is 15.0 Å². The van der Waals surface area contributed by atoms with Crippen molar-refractivity contribution in [1.82, 2.24) is 20.6 Å². The molecule has 1 aliphatic heterocycles. The highest BCUT2D eigenvalue weighted by Gasteiger charge is 2.41. The largest absolute Gasteiger partial charge is 0.434 e. The summed E-state index contributed by atoms with van der Waals surface area (Å²) in [6.07, 6.45) is 0.0563. The number of carbonyl (C=O) groups excluding carboxylic acids is 2. The Bertz CT molecular complexity index is 1220.